The number of aryl methyl sites for hydroxylation is 2. The number of nitrogens with one attached hydrogen (secondary N) is 2. The number of amides is 1. The fraction of sp³-hybridized carbons (Fsp3) is 0.167. The number of carbonyl (C=O) groups excluding carboxylic acids is 1. The number of hydrogen-bond donors (Lipinski definition) is 2. The first-order chi connectivity index (χ1) is 13.5. The predicted octanol–water partition coefficient (Wildman–Crippen LogP) is 2.74. The van der Waals surface area contributed by atoms with E-state index in [4.69, 9.17) is 0 Å². The van der Waals surface area contributed by atoms with E-state index in [1.165, 1.54) is 22.2 Å². The maximum atomic E-state index is 12.9. The van der Waals surface area contributed by atoms with Crippen LogP contribution in [-0.4, -0.2) is 25.4 Å². The van der Waals surface area contributed by atoms with Crippen LogP contribution in [0.2, 0.25) is 0 Å². The minimum Gasteiger partial charge on any atom is -0.289 e. The smallest absolute Gasteiger partial charge is 0.263 e. The van der Waals surface area contributed by atoms with Gasteiger partial charge in [-0.2, -0.15) is 0 Å². The lowest BCUT2D eigenvalue weighted by Gasteiger charge is -2.09. The van der Waals surface area contributed by atoms with Crippen molar-refractivity contribution in [3.05, 3.63) is 57.0 Å². The summed E-state index contributed by atoms with van der Waals surface area (Å²) >= 11 is 2.98. The number of rotatable bonds is 5. The summed E-state index contributed by atoms with van der Waals surface area (Å²) in [5.41, 5.74) is 7.37. The molecule has 0 fully saturated rings. The SMILES string of the molecule is Cc1cc(C)nc(NNC(=O)Cn2cnc3scc(-c4cccs4)c3c2=O)n1. The van der Waals surface area contributed by atoms with Gasteiger partial charge < -0.3 is 0 Å². The summed E-state index contributed by atoms with van der Waals surface area (Å²) in [6.45, 7) is 3.52. The summed E-state index contributed by atoms with van der Waals surface area (Å²) in [7, 11) is 0. The molecule has 0 bridgehead atoms. The number of nitrogens with zero attached hydrogens (tertiary/aromatic N) is 4. The summed E-state index contributed by atoms with van der Waals surface area (Å²) < 4.78 is 1.30. The Kier molecular flexibility index (Phi) is 4.88. The molecule has 4 rings (SSSR count). The summed E-state index contributed by atoms with van der Waals surface area (Å²) in [5.74, 6) is -0.108. The molecule has 0 aromatic carbocycles. The molecule has 4 aromatic rings. The van der Waals surface area contributed by atoms with Crippen LogP contribution >= 0.6 is 22.7 Å². The average molecular weight is 413 g/mol. The van der Waals surface area contributed by atoms with Crippen LogP contribution in [0.4, 0.5) is 5.95 Å². The Morgan fingerprint density at radius 3 is 2.71 bits per heavy atom. The Labute approximate surface area is 167 Å². The molecule has 0 radical (unpaired) electrons. The topological polar surface area (TPSA) is 102 Å². The van der Waals surface area contributed by atoms with Crippen molar-refractivity contribution in [2.75, 3.05) is 5.43 Å². The molecule has 2 N–H and O–H groups in total. The van der Waals surface area contributed by atoms with Crippen molar-refractivity contribution in [3.8, 4) is 10.4 Å². The Hall–Kier alpha value is -3.11. The molecule has 0 spiro atoms. The molecule has 10 heteroatoms. The maximum absolute atomic E-state index is 12.9. The number of hydrazine groups is 1. The van der Waals surface area contributed by atoms with Crippen molar-refractivity contribution in [1.29, 1.82) is 0 Å². The van der Waals surface area contributed by atoms with Crippen molar-refractivity contribution in [2.24, 2.45) is 0 Å². The van der Waals surface area contributed by atoms with Crippen LogP contribution in [0.3, 0.4) is 0 Å². The van der Waals surface area contributed by atoms with Crippen molar-refractivity contribution in [1.82, 2.24) is 24.9 Å². The minimum atomic E-state index is -0.404. The number of anilines is 1. The zero-order valence-corrected chi connectivity index (χ0v) is 16.7. The summed E-state index contributed by atoms with van der Waals surface area (Å²) in [4.78, 5) is 39.6. The number of thiophene rings is 2. The van der Waals surface area contributed by atoms with Gasteiger partial charge in [-0.15, -0.1) is 22.7 Å². The largest absolute Gasteiger partial charge is 0.289 e. The lowest BCUT2D eigenvalue weighted by atomic mass is 10.2. The zero-order chi connectivity index (χ0) is 19.7. The number of fused-ring (bicyclic) bond motifs is 1. The van der Waals surface area contributed by atoms with Gasteiger partial charge in [-0.3, -0.25) is 25.0 Å². The van der Waals surface area contributed by atoms with Crippen LogP contribution in [0.1, 0.15) is 11.4 Å². The molecule has 142 valence electrons. The molecule has 0 aliphatic heterocycles. The standard InChI is InChI=1S/C18H16N6O2S2/c1-10-6-11(2)21-18(20-10)23-22-14(25)7-24-9-19-16-15(17(24)26)12(8-28-16)13-4-3-5-27-13/h3-6,8-9H,7H2,1-2H3,(H,22,25)(H,20,21,23). The molecule has 0 saturated carbocycles. The highest BCUT2D eigenvalue weighted by Crippen LogP contribution is 2.33. The van der Waals surface area contributed by atoms with Crippen molar-refractivity contribution in [3.63, 3.8) is 0 Å². The third-order valence-corrected chi connectivity index (χ3v) is 5.75. The fourth-order valence-corrected chi connectivity index (χ4v) is 4.52. The van der Waals surface area contributed by atoms with E-state index in [1.807, 2.05) is 42.8 Å². The number of hydrogen-bond acceptors (Lipinski definition) is 8. The van der Waals surface area contributed by atoms with Gasteiger partial charge in [0.15, 0.2) is 0 Å². The number of aromatic nitrogens is 4. The second-order valence-corrected chi connectivity index (χ2v) is 7.94. The van der Waals surface area contributed by atoms with Gasteiger partial charge in [0.1, 0.15) is 11.4 Å². The number of carbonyl (C=O) groups is 1. The average Bonchev–Trinajstić information content (AvgIpc) is 3.31. The Morgan fingerprint density at radius 2 is 2.00 bits per heavy atom. The van der Waals surface area contributed by atoms with Gasteiger partial charge in [-0.1, -0.05) is 6.07 Å². The molecule has 0 atom stereocenters. The Bertz CT molecular complexity index is 1190. The van der Waals surface area contributed by atoms with Crippen LogP contribution < -0.4 is 16.4 Å². The van der Waals surface area contributed by atoms with Crippen LogP contribution in [0.15, 0.2) is 40.1 Å². The van der Waals surface area contributed by atoms with Crippen LogP contribution in [0.5, 0.6) is 0 Å². The second-order valence-electron chi connectivity index (χ2n) is 6.13. The highest BCUT2D eigenvalue weighted by atomic mass is 32.1. The Morgan fingerprint density at radius 1 is 1.21 bits per heavy atom. The Balaban J connectivity index is 1.54. The van der Waals surface area contributed by atoms with Gasteiger partial charge in [-0.05, 0) is 31.4 Å². The normalized spacial score (nSPS) is 10.9. The van der Waals surface area contributed by atoms with Crippen molar-refractivity contribution >= 4 is 44.7 Å². The molecule has 0 unspecified atom stereocenters. The minimum absolute atomic E-state index is 0.167. The third kappa shape index (κ3) is 3.64. The van der Waals surface area contributed by atoms with E-state index in [-0.39, 0.29) is 12.1 Å². The van der Waals surface area contributed by atoms with Crippen LogP contribution in [0.25, 0.3) is 20.7 Å². The van der Waals surface area contributed by atoms with Crippen molar-refractivity contribution in [2.45, 2.75) is 20.4 Å². The summed E-state index contributed by atoms with van der Waals surface area (Å²) in [6, 6.07) is 5.73. The van der Waals surface area contributed by atoms with Crippen LogP contribution in [0, 0.1) is 13.8 Å². The van der Waals surface area contributed by atoms with E-state index in [2.05, 4.69) is 25.8 Å². The maximum Gasteiger partial charge on any atom is 0.263 e. The first kappa shape index (κ1) is 18.3. The van der Waals surface area contributed by atoms with E-state index in [9.17, 15) is 9.59 Å². The van der Waals surface area contributed by atoms with Gasteiger partial charge >= 0.3 is 0 Å². The van der Waals surface area contributed by atoms with Gasteiger partial charge in [0, 0.05) is 27.2 Å². The quantitative estimate of drug-likeness (QED) is 0.489. The lowest BCUT2D eigenvalue weighted by Crippen LogP contribution is -2.36. The predicted molar refractivity (Wildman–Crippen MR) is 110 cm³/mol. The highest BCUT2D eigenvalue weighted by molar-refractivity contribution is 7.18. The first-order valence-corrected chi connectivity index (χ1v) is 10.1. The molecule has 28 heavy (non-hydrogen) atoms. The fourth-order valence-electron chi connectivity index (χ4n) is 2.80. The van der Waals surface area contributed by atoms with Gasteiger partial charge in [0.05, 0.1) is 11.7 Å². The van der Waals surface area contributed by atoms with Gasteiger partial charge in [0.2, 0.25) is 5.95 Å². The van der Waals surface area contributed by atoms with E-state index in [0.29, 0.717) is 16.2 Å². The zero-order valence-electron chi connectivity index (χ0n) is 15.1. The molecule has 4 heterocycles. The van der Waals surface area contributed by atoms with E-state index < -0.39 is 5.91 Å². The van der Waals surface area contributed by atoms with Crippen molar-refractivity contribution < 1.29 is 4.79 Å². The van der Waals surface area contributed by atoms with Crippen LogP contribution in [-0.2, 0) is 11.3 Å². The molecular formula is C18H16N6O2S2. The lowest BCUT2D eigenvalue weighted by molar-refractivity contribution is -0.121. The monoisotopic (exact) mass is 412 g/mol. The van der Waals surface area contributed by atoms with E-state index in [1.54, 1.807) is 11.3 Å². The second kappa shape index (κ2) is 7.49. The van der Waals surface area contributed by atoms with Gasteiger partial charge in [0.25, 0.3) is 11.5 Å². The molecule has 0 saturated heterocycles. The summed E-state index contributed by atoms with van der Waals surface area (Å²) in [6.07, 6.45) is 1.40. The van der Waals surface area contributed by atoms with Gasteiger partial charge in [-0.25, -0.2) is 15.0 Å². The summed E-state index contributed by atoms with van der Waals surface area (Å²) in [5, 5.41) is 4.42. The molecule has 4 aromatic heterocycles. The molecule has 0 aliphatic carbocycles. The molecule has 8 nitrogen and oxygen atoms in total. The molecule has 1 amide bonds. The molecule has 0 aliphatic rings. The van der Waals surface area contributed by atoms with E-state index in [0.717, 1.165) is 21.8 Å². The third-order valence-electron chi connectivity index (χ3n) is 3.96. The van der Waals surface area contributed by atoms with E-state index >= 15 is 0 Å². The molecular weight excluding hydrogens is 396 g/mol. The highest BCUT2D eigenvalue weighted by Gasteiger charge is 2.15. The first-order valence-electron chi connectivity index (χ1n) is 8.39.